The zero-order valence-electron chi connectivity index (χ0n) is 11.1. The first-order chi connectivity index (χ1) is 8.58. The molecule has 6 nitrogen and oxygen atoms in total. The number of nitrogens with one attached hydrogen (secondary N) is 1. The minimum atomic E-state index is -0.786. The Kier molecular flexibility index (Phi) is 5.48. The molecule has 0 aliphatic rings. The average molecular weight is 252 g/mol. The van der Waals surface area contributed by atoms with Gasteiger partial charge < -0.3 is 10.4 Å². The fourth-order valence-electron chi connectivity index (χ4n) is 1.54. The maximum atomic E-state index is 10.7. The van der Waals surface area contributed by atoms with E-state index >= 15 is 0 Å². The largest absolute Gasteiger partial charge is 0.481 e. The van der Waals surface area contributed by atoms with Crippen molar-refractivity contribution in [3.63, 3.8) is 0 Å². The predicted molar refractivity (Wildman–Crippen MR) is 68.5 cm³/mol. The van der Waals surface area contributed by atoms with Gasteiger partial charge in [0, 0.05) is 6.54 Å². The molecule has 0 aromatic carbocycles. The van der Waals surface area contributed by atoms with Crippen LogP contribution >= 0.6 is 0 Å². The Bertz CT molecular complexity index is 409. The minimum absolute atomic E-state index is 0.369. The van der Waals surface area contributed by atoms with Crippen LogP contribution in [-0.4, -0.2) is 32.8 Å². The van der Waals surface area contributed by atoms with Gasteiger partial charge in [-0.3, -0.25) is 4.79 Å². The zero-order chi connectivity index (χ0) is 13.5. The molecular weight excluding hydrogens is 232 g/mol. The number of carboxylic acid groups (broad SMARTS) is 1. The van der Waals surface area contributed by atoms with E-state index in [0.717, 1.165) is 24.2 Å². The number of nitrogens with zero attached hydrogens (tertiary/aromatic N) is 3. The van der Waals surface area contributed by atoms with Crippen LogP contribution in [0.5, 0.6) is 0 Å². The van der Waals surface area contributed by atoms with E-state index < -0.39 is 5.97 Å². The molecule has 0 fully saturated rings. The van der Waals surface area contributed by atoms with Gasteiger partial charge in [0.1, 0.15) is 0 Å². The molecule has 0 saturated carbocycles. The molecule has 1 aromatic heterocycles. The normalized spacial score (nSPS) is 12.2. The number of anilines is 1. The fourth-order valence-corrected chi connectivity index (χ4v) is 1.54. The lowest BCUT2D eigenvalue weighted by Gasteiger charge is -2.09. The summed E-state index contributed by atoms with van der Waals surface area (Å²) in [5.41, 5.74) is 1.86. The molecule has 1 heterocycles. The van der Waals surface area contributed by atoms with Gasteiger partial charge in [-0.2, -0.15) is 5.10 Å². The Morgan fingerprint density at radius 3 is 2.50 bits per heavy atom. The molecule has 0 bridgehead atoms. The number of rotatable bonds is 7. The van der Waals surface area contributed by atoms with E-state index in [1.54, 1.807) is 6.92 Å². The average Bonchev–Trinajstić information content (AvgIpc) is 2.38. The van der Waals surface area contributed by atoms with Crippen LogP contribution in [0.4, 0.5) is 5.95 Å². The molecular formula is C12H20N4O2. The van der Waals surface area contributed by atoms with Crippen LogP contribution in [0.1, 0.15) is 38.6 Å². The molecule has 0 saturated heterocycles. The summed E-state index contributed by atoms with van der Waals surface area (Å²) in [4.78, 5) is 15.0. The lowest BCUT2D eigenvalue weighted by molar-refractivity contribution is -0.141. The molecule has 0 aliphatic carbocycles. The van der Waals surface area contributed by atoms with Crippen LogP contribution in [0.3, 0.4) is 0 Å². The Hall–Kier alpha value is -1.72. The standard InChI is InChI=1S/C12H20N4O2/c1-4-9-10(5-2)15-16-12(14-9)13-7-6-8(3)11(17)18/h8H,4-7H2,1-3H3,(H,17,18)(H,13,14,16). The lowest BCUT2D eigenvalue weighted by Crippen LogP contribution is -2.16. The van der Waals surface area contributed by atoms with Crippen LogP contribution in [0.15, 0.2) is 0 Å². The number of carbonyl (C=O) groups is 1. The number of carboxylic acids is 1. The first-order valence-electron chi connectivity index (χ1n) is 6.27. The highest BCUT2D eigenvalue weighted by atomic mass is 16.4. The number of aromatic nitrogens is 3. The third kappa shape index (κ3) is 3.94. The maximum absolute atomic E-state index is 10.7. The van der Waals surface area contributed by atoms with Gasteiger partial charge in [0.2, 0.25) is 5.95 Å². The van der Waals surface area contributed by atoms with Gasteiger partial charge in [0.05, 0.1) is 17.3 Å². The molecule has 1 rings (SSSR count). The van der Waals surface area contributed by atoms with Crippen molar-refractivity contribution in [2.45, 2.75) is 40.0 Å². The van der Waals surface area contributed by atoms with Crippen LogP contribution in [-0.2, 0) is 17.6 Å². The molecule has 2 N–H and O–H groups in total. The van der Waals surface area contributed by atoms with Crippen LogP contribution in [0.25, 0.3) is 0 Å². The number of aliphatic carboxylic acids is 1. The van der Waals surface area contributed by atoms with E-state index in [1.165, 1.54) is 0 Å². The van der Waals surface area contributed by atoms with Crippen molar-refractivity contribution in [3.05, 3.63) is 11.4 Å². The van der Waals surface area contributed by atoms with Crippen molar-refractivity contribution in [2.75, 3.05) is 11.9 Å². The Balaban J connectivity index is 2.55. The van der Waals surface area contributed by atoms with Crippen molar-refractivity contribution in [1.29, 1.82) is 0 Å². The molecule has 1 unspecified atom stereocenters. The maximum Gasteiger partial charge on any atom is 0.306 e. The SMILES string of the molecule is CCc1nnc(NCCC(C)C(=O)O)nc1CC. The summed E-state index contributed by atoms with van der Waals surface area (Å²) in [5, 5.41) is 19.9. The van der Waals surface area contributed by atoms with E-state index in [2.05, 4.69) is 20.5 Å². The number of hydrogen-bond donors (Lipinski definition) is 2. The molecule has 0 radical (unpaired) electrons. The second kappa shape index (κ2) is 6.88. The van der Waals surface area contributed by atoms with Gasteiger partial charge in [0.15, 0.2) is 0 Å². The van der Waals surface area contributed by atoms with Gasteiger partial charge in [-0.1, -0.05) is 20.8 Å². The van der Waals surface area contributed by atoms with Gasteiger partial charge in [-0.15, -0.1) is 5.10 Å². The van der Waals surface area contributed by atoms with Crippen LogP contribution < -0.4 is 5.32 Å². The summed E-state index contributed by atoms with van der Waals surface area (Å²) < 4.78 is 0. The summed E-state index contributed by atoms with van der Waals surface area (Å²) >= 11 is 0. The van der Waals surface area contributed by atoms with E-state index in [0.29, 0.717) is 18.9 Å². The molecule has 0 amide bonds. The quantitative estimate of drug-likeness (QED) is 0.765. The van der Waals surface area contributed by atoms with E-state index in [-0.39, 0.29) is 5.92 Å². The smallest absolute Gasteiger partial charge is 0.306 e. The molecule has 18 heavy (non-hydrogen) atoms. The molecule has 6 heteroatoms. The summed E-state index contributed by atoms with van der Waals surface area (Å²) in [7, 11) is 0. The lowest BCUT2D eigenvalue weighted by atomic mass is 10.1. The summed E-state index contributed by atoms with van der Waals surface area (Å²) in [5.74, 6) is -0.681. The fraction of sp³-hybridized carbons (Fsp3) is 0.667. The van der Waals surface area contributed by atoms with Gasteiger partial charge in [0.25, 0.3) is 0 Å². The third-order valence-corrected chi connectivity index (χ3v) is 2.79. The molecule has 100 valence electrons. The summed E-state index contributed by atoms with van der Waals surface area (Å²) in [6.45, 7) is 6.26. The molecule has 1 atom stereocenters. The molecule has 0 aliphatic heterocycles. The molecule has 0 spiro atoms. The minimum Gasteiger partial charge on any atom is -0.481 e. The van der Waals surface area contributed by atoms with Gasteiger partial charge in [-0.05, 0) is 19.3 Å². The summed E-state index contributed by atoms with van der Waals surface area (Å²) in [6, 6.07) is 0. The Morgan fingerprint density at radius 1 is 1.28 bits per heavy atom. The Morgan fingerprint density at radius 2 is 1.94 bits per heavy atom. The van der Waals surface area contributed by atoms with Crippen molar-refractivity contribution in [2.24, 2.45) is 5.92 Å². The highest BCUT2D eigenvalue weighted by molar-refractivity contribution is 5.69. The zero-order valence-corrected chi connectivity index (χ0v) is 11.1. The highest BCUT2D eigenvalue weighted by Crippen LogP contribution is 2.07. The number of hydrogen-bond acceptors (Lipinski definition) is 5. The second-order valence-corrected chi connectivity index (χ2v) is 4.19. The van der Waals surface area contributed by atoms with Crippen LogP contribution in [0.2, 0.25) is 0 Å². The topological polar surface area (TPSA) is 88.0 Å². The van der Waals surface area contributed by atoms with E-state index in [1.807, 2.05) is 13.8 Å². The van der Waals surface area contributed by atoms with Crippen molar-refractivity contribution >= 4 is 11.9 Å². The highest BCUT2D eigenvalue weighted by Gasteiger charge is 2.11. The molecule has 1 aromatic rings. The van der Waals surface area contributed by atoms with E-state index in [4.69, 9.17) is 5.11 Å². The van der Waals surface area contributed by atoms with Crippen molar-refractivity contribution in [1.82, 2.24) is 15.2 Å². The van der Waals surface area contributed by atoms with E-state index in [9.17, 15) is 4.79 Å². The Labute approximate surface area is 107 Å². The second-order valence-electron chi connectivity index (χ2n) is 4.19. The first-order valence-corrected chi connectivity index (χ1v) is 6.27. The third-order valence-electron chi connectivity index (χ3n) is 2.79. The van der Waals surface area contributed by atoms with Crippen LogP contribution in [0, 0.1) is 5.92 Å². The predicted octanol–water partition coefficient (Wildman–Crippen LogP) is 1.52. The van der Waals surface area contributed by atoms with Crippen molar-refractivity contribution < 1.29 is 9.90 Å². The first kappa shape index (κ1) is 14.3. The van der Waals surface area contributed by atoms with Gasteiger partial charge in [-0.25, -0.2) is 4.98 Å². The monoisotopic (exact) mass is 252 g/mol. The van der Waals surface area contributed by atoms with Crippen molar-refractivity contribution in [3.8, 4) is 0 Å². The number of aryl methyl sites for hydroxylation is 2. The summed E-state index contributed by atoms with van der Waals surface area (Å²) in [6.07, 6.45) is 2.17. The van der Waals surface area contributed by atoms with Gasteiger partial charge >= 0.3 is 5.97 Å².